The van der Waals surface area contributed by atoms with Crippen molar-refractivity contribution in [2.75, 3.05) is 0 Å². The molecule has 0 aliphatic carbocycles. The molecule has 0 bridgehead atoms. The molecule has 0 saturated heterocycles. The van der Waals surface area contributed by atoms with Gasteiger partial charge in [-0.2, -0.15) is 0 Å². The Labute approximate surface area is 99.2 Å². The third kappa shape index (κ3) is 11.5. The van der Waals surface area contributed by atoms with E-state index in [-0.39, 0.29) is 0 Å². The maximum Gasteiger partial charge on any atom is 0.419 e. The van der Waals surface area contributed by atoms with E-state index < -0.39 is 6.29 Å². The monoisotopic (exact) mass is 229 g/mol. The summed E-state index contributed by atoms with van der Waals surface area (Å²) < 4.78 is 4.26. The fraction of sp³-hybridized carbons (Fsp3) is 0.923. The van der Waals surface area contributed by atoms with Gasteiger partial charge in [0.1, 0.15) is 0 Å². The zero-order valence-electron chi connectivity index (χ0n) is 10.4. The average molecular weight is 229 g/mol. The number of hydrogen-bond acceptors (Lipinski definition) is 3. The maximum atomic E-state index is 9.77. The van der Waals surface area contributed by atoms with Gasteiger partial charge in [-0.1, -0.05) is 58.3 Å². The first-order chi connectivity index (χ1) is 7.81. The predicted octanol–water partition coefficient (Wildman–Crippen LogP) is 3.31. The Kier molecular flexibility index (Phi) is 12.1. The second-order valence-electron chi connectivity index (χ2n) is 4.27. The van der Waals surface area contributed by atoms with Crippen molar-refractivity contribution in [3.8, 4) is 0 Å². The first-order valence-corrected chi connectivity index (χ1v) is 6.52. The van der Waals surface area contributed by atoms with E-state index in [2.05, 4.69) is 11.7 Å². The molecule has 0 aliphatic rings. The third-order valence-electron chi connectivity index (χ3n) is 2.74. The molecule has 3 nitrogen and oxygen atoms in total. The highest BCUT2D eigenvalue weighted by Gasteiger charge is 2.02. The number of carbonyl (C=O) groups excluding carboxylic acids is 1. The SMILES string of the molecule is CCCCCCCCCCCC(O)O[C]=O. The van der Waals surface area contributed by atoms with Crippen molar-refractivity contribution in [1.82, 2.24) is 0 Å². The standard InChI is InChI=1S/C13H25O3/c1-2-3-4-5-6-7-8-9-10-11-13(15)16-12-14/h13,15H,2-11H2,1H3. The molecule has 1 N–H and O–H groups in total. The van der Waals surface area contributed by atoms with Gasteiger partial charge in [0, 0.05) is 6.42 Å². The fourth-order valence-electron chi connectivity index (χ4n) is 1.74. The van der Waals surface area contributed by atoms with E-state index in [1.165, 1.54) is 51.4 Å². The van der Waals surface area contributed by atoms with E-state index in [1.807, 2.05) is 0 Å². The lowest BCUT2D eigenvalue weighted by molar-refractivity contribution is -0.0361. The van der Waals surface area contributed by atoms with E-state index in [1.54, 1.807) is 0 Å². The summed E-state index contributed by atoms with van der Waals surface area (Å²) in [5.74, 6) is 0. The molecule has 0 amide bonds. The Morgan fingerprint density at radius 1 is 1.00 bits per heavy atom. The molecule has 0 aromatic carbocycles. The molecule has 0 fully saturated rings. The molecule has 0 aromatic heterocycles. The van der Waals surface area contributed by atoms with E-state index in [0.717, 1.165) is 12.8 Å². The lowest BCUT2D eigenvalue weighted by Gasteiger charge is -2.06. The van der Waals surface area contributed by atoms with Crippen molar-refractivity contribution < 1.29 is 14.6 Å². The van der Waals surface area contributed by atoms with Gasteiger partial charge in [0.15, 0.2) is 0 Å². The van der Waals surface area contributed by atoms with Gasteiger partial charge in [0.05, 0.1) is 0 Å². The van der Waals surface area contributed by atoms with Crippen LogP contribution < -0.4 is 0 Å². The number of hydrogen-bond donors (Lipinski definition) is 1. The van der Waals surface area contributed by atoms with Crippen LogP contribution >= 0.6 is 0 Å². The molecule has 1 radical (unpaired) electrons. The van der Waals surface area contributed by atoms with Gasteiger partial charge in [0.25, 0.3) is 0 Å². The number of ether oxygens (including phenoxy) is 1. The van der Waals surface area contributed by atoms with E-state index in [0.29, 0.717) is 6.42 Å². The quantitative estimate of drug-likeness (QED) is 0.412. The summed E-state index contributed by atoms with van der Waals surface area (Å²) in [4.78, 5) is 9.77. The van der Waals surface area contributed by atoms with Crippen LogP contribution in [0.2, 0.25) is 0 Å². The van der Waals surface area contributed by atoms with Crippen LogP contribution in [-0.2, 0) is 9.53 Å². The van der Waals surface area contributed by atoms with Gasteiger partial charge >= 0.3 is 6.47 Å². The first kappa shape index (κ1) is 15.4. The van der Waals surface area contributed by atoms with Crippen molar-refractivity contribution in [3.63, 3.8) is 0 Å². The zero-order chi connectivity index (χ0) is 12.1. The highest BCUT2D eigenvalue weighted by atomic mass is 16.6. The molecule has 0 aromatic rings. The Bertz CT molecular complexity index is 148. The summed E-state index contributed by atoms with van der Waals surface area (Å²) in [7, 11) is 0. The number of rotatable bonds is 12. The Morgan fingerprint density at radius 3 is 2.00 bits per heavy atom. The third-order valence-corrected chi connectivity index (χ3v) is 2.74. The van der Waals surface area contributed by atoms with Crippen molar-refractivity contribution in [3.05, 3.63) is 0 Å². The molecule has 95 valence electrons. The van der Waals surface area contributed by atoms with Crippen LogP contribution in [0.3, 0.4) is 0 Å². The minimum absolute atomic E-state index is 0.533. The topological polar surface area (TPSA) is 46.5 Å². The van der Waals surface area contributed by atoms with Gasteiger partial charge in [-0.15, -0.1) is 0 Å². The molecule has 0 spiro atoms. The first-order valence-electron chi connectivity index (χ1n) is 6.52. The van der Waals surface area contributed by atoms with Gasteiger partial charge in [-0.25, -0.2) is 4.79 Å². The second kappa shape index (κ2) is 12.5. The lowest BCUT2D eigenvalue weighted by atomic mass is 10.1. The largest absolute Gasteiger partial charge is 0.428 e. The zero-order valence-corrected chi connectivity index (χ0v) is 10.4. The van der Waals surface area contributed by atoms with Crippen molar-refractivity contribution in [1.29, 1.82) is 0 Å². The van der Waals surface area contributed by atoms with Gasteiger partial charge < -0.3 is 9.84 Å². The molecule has 0 aliphatic heterocycles. The predicted molar refractivity (Wildman–Crippen MR) is 64.6 cm³/mol. The van der Waals surface area contributed by atoms with Gasteiger partial charge in [0.2, 0.25) is 6.29 Å². The lowest BCUT2D eigenvalue weighted by Crippen LogP contribution is -2.09. The summed E-state index contributed by atoms with van der Waals surface area (Å²) in [5.41, 5.74) is 0. The highest BCUT2D eigenvalue weighted by Crippen LogP contribution is 2.11. The molecular formula is C13H25O3. The van der Waals surface area contributed by atoms with Crippen LogP contribution in [-0.4, -0.2) is 17.9 Å². The summed E-state index contributed by atoms with van der Waals surface area (Å²) in [6.45, 7) is 3.47. The van der Waals surface area contributed by atoms with Crippen molar-refractivity contribution in [2.24, 2.45) is 0 Å². The van der Waals surface area contributed by atoms with Crippen molar-refractivity contribution >= 4 is 6.47 Å². The number of aliphatic hydroxyl groups is 1. The Hall–Kier alpha value is -0.570. The molecule has 0 heterocycles. The van der Waals surface area contributed by atoms with Gasteiger partial charge in [-0.3, -0.25) is 0 Å². The van der Waals surface area contributed by atoms with E-state index >= 15 is 0 Å². The summed E-state index contributed by atoms with van der Waals surface area (Å²) >= 11 is 0. The molecular weight excluding hydrogens is 204 g/mol. The van der Waals surface area contributed by atoms with Gasteiger partial charge in [-0.05, 0) is 6.42 Å². The molecule has 1 unspecified atom stereocenters. The molecule has 3 heteroatoms. The van der Waals surface area contributed by atoms with Crippen molar-refractivity contribution in [2.45, 2.75) is 77.4 Å². The van der Waals surface area contributed by atoms with Crippen LogP contribution in [0, 0.1) is 0 Å². The minimum Gasteiger partial charge on any atom is -0.428 e. The highest BCUT2D eigenvalue weighted by molar-refractivity contribution is 5.38. The normalized spacial score (nSPS) is 12.4. The molecule has 1 atom stereocenters. The molecule has 0 rings (SSSR count). The number of unbranched alkanes of at least 4 members (excludes halogenated alkanes) is 8. The van der Waals surface area contributed by atoms with E-state index in [4.69, 9.17) is 5.11 Å². The van der Waals surface area contributed by atoms with Crippen LogP contribution in [0.1, 0.15) is 71.1 Å². The second-order valence-corrected chi connectivity index (χ2v) is 4.27. The average Bonchev–Trinajstić information content (AvgIpc) is 2.27. The van der Waals surface area contributed by atoms with Crippen LogP contribution in [0.4, 0.5) is 0 Å². The van der Waals surface area contributed by atoms with Crippen LogP contribution in [0.15, 0.2) is 0 Å². The summed E-state index contributed by atoms with van der Waals surface area (Å²) in [6.07, 6.45) is 10.8. The number of aliphatic hydroxyl groups excluding tert-OH is 1. The minimum atomic E-state index is -0.956. The van der Waals surface area contributed by atoms with E-state index in [9.17, 15) is 4.79 Å². The molecule has 0 saturated carbocycles. The molecule has 16 heavy (non-hydrogen) atoms. The maximum absolute atomic E-state index is 9.77. The summed E-state index contributed by atoms with van der Waals surface area (Å²) in [6, 6.07) is 0. The van der Waals surface area contributed by atoms with Crippen LogP contribution in [0.25, 0.3) is 0 Å². The fourth-order valence-corrected chi connectivity index (χ4v) is 1.74. The van der Waals surface area contributed by atoms with Crippen LogP contribution in [0.5, 0.6) is 0 Å². The Morgan fingerprint density at radius 2 is 1.50 bits per heavy atom. The Balaban J connectivity index is 3.00. The summed E-state index contributed by atoms with van der Waals surface area (Å²) in [5, 5.41) is 9.06. The smallest absolute Gasteiger partial charge is 0.419 e.